The summed E-state index contributed by atoms with van der Waals surface area (Å²) in [6, 6.07) is 2.99. The molecule has 0 saturated heterocycles. The van der Waals surface area contributed by atoms with Gasteiger partial charge < -0.3 is 15.6 Å². The predicted molar refractivity (Wildman–Crippen MR) is 60.6 cm³/mol. The van der Waals surface area contributed by atoms with E-state index < -0.39 is 5.97 Å². The average molecular weight is 411 g/mol. The van der Waals surface area contributed by atoms with E-state index in [4.69, 9.17) is 5.73 Å². The molecule has 6 heteroatoms. The fourth-order valence-electron chi connectivity index (χ4n) is 0.702. The number of carbonyl (C=O) groups excluding carboxylic acids is 1. The van der Waals surface area contributed by atoms with Crippen LogP contribution < -0.4 is 40.4 Å². The molecule has 0 aliphatic rings. The maximum atomic E-state index is 10.5. The normalized spacial score (nSPS) is 9.08. The summed E-state index contributed by atoms with van der Waals surface area (Å²) >= 11 is 3.98. The first-order valence-corrected chi connectivity index (χ1v) is 5.14. The second-order valence-corrected chi connectivity index (χ2v) is 4.47. The first kappa shape index (κ1) is 13.9. The van der Waals surface area contributed by atoms with Gasteiger partial charge in [-0.1, -0.05) is 0 Å². The number of nitrogen functional groups attached to an aromatic ring is 1. The van der Waals surface area contributed by atoms with Crippen molar-refractivity contribution in [2.75, 3.05) is 5.73 Å². The quantitative estimate of drug-likeness (QED) is 0.326. The van der Waals surface area contributed by atoms with Gasteiger partial charge in [0.1, 0.15) is 0 Å². The third kappa shape index (κ3) is 3.54. The molecule has 0 aliphatic heterocycles. The summed E-state index contributed by atoms with van der Waals surface area (Å²) in [7, 11) is 0. The number of aromatic carboxylic acids is 1. The molecule has 0 aromatic heterocycles. The van der Waals surface area contributed by atoms with Crippen molar-refractivity contribution < 1.29 is 39.5 Å². The third-order valence-corrected chi connectivity index (χ3v) is 3.10. The Bertz CT molecular complexity index is 320. The molecular weight excluding hydrogens is 407 g/mol. The number of nitrogens with two attached hydrogens (primary N) is 1. The van der Waals surface area contributed by atoms with Gasteiger partial charge in [-0.2, -0.15) is 0 Å². The summed E-state index contributed by atoms with van der Waals surface area (Å²) < 4.78 is 1.47. The van der Waals surface area contributed by atoms with Crippen LogP contribution in [0.5, 0.6) is 0 Å². The van der Waals surface area contributed by atoms with Crippen LogP contribution in [0.3, 0.4) is 0 Å². The molecular formula is C7H4I2NNaO2. The molecule has 13 heavy (non-hydrogen) atoms. The Morgan fingerprint density at radius 1 is 1.31 bits per heavy atom. The minimum atomic E-state index is -1.18. The molecule has 0 saturated carbocycles. The molecule has 0 heterocycles. The van der Waals surface area contributed by atoms with Crippen molar-refractivity contribution in [1.29, 1.82) is 0 Å². The van der Waals surface area contributed by atoms with Crippen LogP contribution in [0, 0.1) is 7.14 Å². The van der Waals surface area contributed by atoms with Crippen molar-refractivity contribution in [3.05, 3.63) is 24.8 Å². The topological polar surface area (TPSA) is 66.2 Å². The van der Waals surface area contributed by atoms with Gasteiger partial charge in [0.05, 0.1) is 11.7 Å². The van der Waals surface area contributed by atoms with Crippen LogP contribution in [0.2, 0.25) is 0 Å². The van der Waals surface area contributed by atoms with E-state index >= 15 is 0 Å². The number of benzene rings is 1. The number of anilines is 1. The Morgan fingerprint density at radius 3 is 2.00 bits per heavy atom. The van der Waals surface area contributed by atoms with Crippen molar-refractivity contribution in [3.63, 3.8) is 0 Å². The molecule has 0 radical (unpaired) electrons. The van der Waals surface area contributed by atoms with E-state index in [0.717, 1.165) is 7.14 Å². The van der Waals surface area contributed by atoms with Gasteiger partial charge in [-0.15, -0.1) is 0 Å². The minimum Gasteiger partial charge on any atom is -0.545 e. The van der Waals surface area contributed by atoms with E-state index in [9.17, 15) is 9.90 Å². The molecule has 0 unspecified atom stereocenters. The van der Waals surface area contributed by atoms with Crippen LogP contribution in [0.4, 0.5) is 5.69 Å². The van der Waals surface area contributed by atoms with E-state index in [2.05, 4.69) is 0 Å². The zero-order valence-corrected chi connectivity index (χ0v) is 13.1. The van der Waals surface area contributed by atoms with Gasteiger partial charge in [0.2, 0.25) is 0 Å². The molecule has 0 spiro atoms. The maximum absolute atomic E-state index is 10.5. The van der Waals surface area contributed by atoms with Crippen LogP contribution in [-0.2, 0) is 0 Å². The fourth-order valence-corrected chi connectivity index (χ4v) is 2.47. The van der Waals surface area contributed by atoms with Crippen molar-refractivity contribution >= 4 is 56.8 Å². The van der Waals surface area contributed by atoms with Crippen LogP contribution in [0.1, 0.15) is 10.4 Å². The van der Waals surface area contributed by atoms with Gasteiger partial charge in [-0.05, 0) is 62.9 Å². The molecule has 0 amide bonds. The number of rotatable bonds is 1. The second-order valence-electron chi connectivity index (χ2n) is 2.14. The molecule has 1 rings (SSSR count). The van der Waals surface area contributed by atoms with E-state index in [1.54, 1.807) is 0 Å². The molecule has 0 atom stereocenters. The molecule has 64 valence electrons. The molecule has 1 aromatic carbocycles. The molecule has 3 nitrogen and oxygen atoms in total. The largest absolute Gasteiger partial charge is 1.00 e. The number of carbonyl (C=O) groups is 1. The summed E-state index contributed by atoms with van der Waals surface area (Å²) in [6.07, 6.45) is 0. The molecule has 0 fully saturated rings. The molecule has 0 bridgehead atoms. The number of halogens is 2. The predicted octanol–water partition coefficient (Wildman–Crippen LogP) is -2.15. The first-order valence-electron chi connectivity index (χ1n) is 2.98. The van der Waals surface area contributed by atoms with Crippen molar-refractivity contribution in [2.24, 2.45) is 0 Å². The minimum absolute atomic E-state index is 0. The summed E-state index contributed by atoms with van der Waals surface area (Å²) in [5.41, 5.74) is 6.40. The van der Waals surface area contributed by atoms with Gasteiger partial charge >= 0.3 is 29.6 Å². The maximum Gasteiger partial charge on any atom is 1.00 e. The molecule has 0 aliphatic carbocycles. The zero-order valence-electron chi connectivity index (χ0n) is 6.80. The standard InChI is InChI=1S/C7H5I2NO2.Na/c8-4-1-3(7(11)12)2-5(9)6(4)10;/h1-2H,10H2,(H,11,12);/q;+1/p-1. The van der Waals surface area contributed by atoms with Crippen molar-refractivity contribution in [3.8, 4) is 0 Å². The SMILES string of the molecule is Nc1c(I)cc(C(=O)[O-])cc1I.[Na+]. The van der Waals surface area contributed by atoms with Gasteiger partial charge in [-0.3, -0.25) is 0 Å². The number of hydrogen-bond acceptors (Lipinski definition) is 3. The summed E-state index contributed by atoms with van der Waals surface area (Å²) in [5.74, 6) is -1.18. The van der Waals surface area contributed by atoms with Gasteiger partial charge in [0.25, 0.3) is 0 Å². The van der Waals surface area contributed by atoms with E-state index in [-0.39, 0.29) is 35.1 Å². The van der Waals surface area contributed by atoms with Crippen LogP contribution in [0.25, 0.3) is 0 Å². The fraction of sp³-hybridized carbons (Fsp3) is 0. The summed E-state index contributed by atoms with van der Waals surface area (Å²) in [6.45, 7) is 0. The first-order chi connectivity index (χ1) is 5.52. The number of carboxylic acids is 1. The van der Waals surface area contributed by atoms with Gasteiger partial charge in [0.15, 0.2) is 0 Å². The Kier molecular flexibility index (Phi) is 6.16. The average Bonchev–Trinajstić information content (AvgIpc) is 1.99. The zero-order chi connectivity index (χ0) is 9.30. The Balaban J connectivity index is 0.00000144. The smallest absolute Gasteiger partial charge is 0.545 e. The third-order valence-electron chi connectivity index (χ3n) is 1.31. The van der Waals surface area contributed by atoms with E-state index in [0.29, 0.717) is 5.69 Å². The van der Waals surface area contributed by atoms with E-state index in [1.165, 1.54) is 12.1 Å². The summed E-state index contributed by atoms with van der Waals surface area (Å²) in [4.78, 5) is 10.5. The Labute approximate surface area is 125 Å². The van der Waals surface area contributed by atoms with E-state index in [1.807, 2.05) is 45.2 Å². The van der Waals surface area contributed by atoms with Crippen LogP contribution in [0.15, 0.2) is 12.1 Å². The second kappa shape index (κ2) is 5.74. The van der Waals surface area contributed by atoms with Crippen molar-refractivity contribution in [2.45, 2.75) is 0 Å². The number of carboxylic acid groups (broad SMARTS) is 1. The van der Waals surface area contributed by atoms with Crippen LogP contribution >= 0.6 is 45.2 Å². The van der Waals surface area contributed by atoms with Gasteiger partial charge in [0, 0.05) is 7.14 Å². The molecule has 2 N–H and O–H groups in total. The number of hydrogen-bond donors (Lipinski definition) is 1. The monoisotopic (exact) mass is 411 g/mol. The van der Waals surface area contributed by atoms with Crippen molar-refractivity contribution in [1.82, 2.24) is 0 Å². The summed E-state index contributed by atoms with van der Waals surface area (Å²) in [5, 5.41) is 10.5. The van der Waals surface area contributed by atoms with Gasteiger partial charge in [-0.25, -0.2) is 0 Å². The van der Waals surface area contributed by atoms with Crippen LogP contribution in [-0.4, -0.2) is 5.97 Å². The Hall–Kier alpha value is 0.950. The molecule has 1 aromatic rings. The Morgan fingerprint density at radius 2 is 1.69 bits per heavy atom.